The molecule has 0 amide bonds. The normalized spacial score (nSPS) is 28.6. The van der Waals surface area contributed by atoms with E-state index in [9.17, 15) is 5.11 Å². The summed E-state index contributed by atoms with van der Waals surface area (Å²) in [5.41, 5.74) is 0.151. The number of aliphatic hydroxyl groups is 1. The van der Waals surface area contributed by atoms with Gasteiger partial charge < -0.3 is 10.0 Å². The highest BCUT2D eigenvalue weighted by Gasteiger charge is 2.40. The van der Waals surface area contributed by atoms with E-state index in [0.717, 1.165) is 31.4 Å². The quantitative estimate of drug-likeness (QED) is 0.857. The van der Waals surface area contributed by atoms with Crippen LogP contribution in [0.5, 0.6) is 0 Å². The van der Waals surface area contributed by atoms with E-state index >= 15 is 0 Å². The Balaban J connectivity index is 2.26. The number of pyridine rings is 1. The SMILES string of the molecule is CN(C)C[C@H]1CCCC[C@]1(O)c1ccc(Cl)nc1. The smallest absolute Gasteiger partial charge is 0.129 e. The van der Waals surface area contributed by atoms with Crippen molar-refractivity contribution in [3.63, 3.8) is 0 Å². The molecule has 1 saturated carbocycles. The maximum absolute atomic E-state index is 11.0. The van der Waals surface area contributed by atoms with Crippen LogP contribution in [0.2, 0.25) is 5.15 Å². The zero-order valence-electron chi connectivity index (χ0n) is 11.1. The summed E-state index contributed by atoms with van der Waals surface area (Å²) in [5, 5.41) is 11.5. The van der Waals surface area contributed by atoms with Crippen LogP contribution < -0.4 is 0 Å². The topological polar surface area (TPSA) is 36.4 Å². The largest absolute Gasteiger partial charge is 0.385 e. The second-order valence-electron chi connectivity index (χ2n) is 5.50. The monoisotopic (exact) mass is 268 g/mol. The molecule has 1 fully saturated rings. The van der Waals surface area contributed by atoms with Gasteiger partial charge in [-0.05, 0) is 33.0 Å². The Morgan fingerprint density at radius 1 is 1.44 bits per heavy atom. The summed E-state index contributed by atoms with van der Waals surface area (Å²) in [7, 11) is 4.10. The minimum atomic E-state index is -0.750. The second kappa shape index (κ2) is 5.55. The Kier molecular flexibility index (Phi) is 4.25. The standard InChI is InChI=1S/C14H21ClN2O/c1-17(2)10-12-5-3-4-8-14(12,18)11-6-7-13(15)16-9-11/h6-7,9,12,18H,3-5,8,10H2,1-2H3/t12-,14+/m1/s1. The molecular weight excluding hydrogens is 248 g/mol. The third kappa shape index (κ3) is 2.85. The average molecular weight is 269 g/mol. The van der Waals surface area contributed by atoms with Crippen LogP contribution in [0.1, 0.15) is 31.2 Å². The van der Waals surface area contributed by atoms with Crippen molar-refractivity contribution in [2.45, 2.75) is 31.3 Å². The van der Waals surface area contributed by atoms with Crippen molar-refractivity contribution in [2.24, 2.45) is 5.92 Å². The van der Waals surface area contributed by atoms with E-state index in [-0.39, 0.29) is 5.92 Å². The molecule has 0 unspecified atom stereocenters. The van der Waals surface area contributed by atoms with E-state index in [1.54, 1.807) is 12.3 Å². The van der Waals surface area contributed by atoms with Crippen LogP contribution >= 0.6 is 11.6 Å². The number of rotatable bonds is 3. The predicted octanol–water partition coefficient (Wildman–Crippen LogP) is 2.67. The fraction of sp³-hybridized carbons (Fsp3) is 0.643. The van der Waals surface area contributed by atoms with Crippen LogP contribution in [-0.4, -0.2) is 35.6 Å². The molecule has 1 heterocycles. The lowest BCUT2D eigenvalue weighted by molar-refractivity contribution is -0.0620. The predicted molar refractivity (Wildman–Crippen MR) is 73.7 cm³/mol. The van der Waals surface area contributed by atoms with E-state index in [1.165, 1.54) is 6.42 Å². The molecule has 2 atom stereocenters. The lowest BCUT2D eigenvalue weighted by atomic mass is 9.71. The Hall–Kier alpha value is -0.640. The molecule has 4 heteroatoms. The van der Waals surface area contributed by atoms with Crippen molar-refractivity contribution < 1.29 is 5.11 Å². The lowest BCUT2D eigenvalue weighted by Gasteiger charge is -2.41. The van der Waals surface area contributed by atoms with Crippen molar-refractivity contribution in [3.8, 4) is 0 Å². The minimum absolute atomic E-state index is 0.268. The molecule has 0 aliphatic heterocycles. The zero-order chi connectivity index (χ0) is 13.2. The van der Waals surface area contributed by atoms with E-state index in [1.807, 2.05) is 6.07 Å². The summed E-state index contributed by atoms with van der Waals surface area (Å²) in [6.45, 7) is 0.902. The third-order valence-corrected chi connectivity index (χ3v) is 4.07. The van der Waals surface area contributed by atoms with Gasteiger partial charge in [-0.3, -0.25) is 0 Å². The van der Waals surface area contributed by atoms with Gasteiger partial charge in [-0.2, -0.15) is 0 Å². The van der Waals surface area contributed by atoms with Crippen molar-refractivity contribution in [2.75, 3.05) is 20.6 Å². The first-order valence-corrected chi connectivity index (χ1v) is 6.89. The number of aromatic nitrogens is 1. The summed E-state index contributed by atoms with van der Waals surface area (Å²) in [5.74, 6) is 0.268. The molecule has 3 nitrogen and oxygen atoms in total. The molecular formula is C14H21ClN2O. The molecule has 0 bridgehead atoms. The van der Waals surface area contributed by atoms with Crippen LogP contribution in [0.4, 0.5) is 0 Å². The molecule has 0 spiro atoms. The van der Waals surface area contributed by atoms with E-state index in [4.69, 9.17) is 11.6 Å². The molecule has 1 aromatic rings. The highest BCUT2D eigenvalue weighted by Crippen LogP contribution is 2.41. The fourth-order valence-electron chi connectivity index (χ4n) is 2.92. The van der Waals surface area contributed by atoms with E-state index < -0.39 is 5.60 Å². The first kappa shape index (κ1) is 13.8. The van der Waals surface area contributed by atoms with Gasteiger partial charge in [-0.15, -0.1) is 0 Å². The van der Waals surface area contributed by atoms with Crippen LogP contribution in [0.15, 0.2) is 18.3 Å². The molecule has 1 aliphatic rings. The van der Waals surface area contributed by atoms with Gasteiger partial charge in [0.2, 0.25) is 0 Å². The van der Waals surface area contributed by atoms with Crippen molar-refractivity contribution >= 4 is 11.6 Å². The van der Waals surface area contributed by atoms with Crippen molar-refractivity contribution in [1.82, 2.24) is 9.88 Å². The van der Waals surface area contributed by atoms with E-state index in [2.05, 4.69) is 24.0 Å². The molecule has 100 valence electrons. The van der Waals surface area contributed by atoms with Crippen LogP contribution in [0.25, 0.3) is 0 Å². The Labute approximate surface area is 114 Å². The summed E-state index contributed by atoms with van der Waals surface area (Å²) in [4.78, 5) is 6.25. The van der Waals surface area contributed by atoms with E-state index in [0.29, 0.717) is 5.15 Å². The molecule has 1 aromatic heterocycles. The van der Waals surface area contributed by atoms with Crippen molar-refractivity contribution in [1.29, 1.82) is 0 Å². The summed E-state index contributed by atoms with van der Waals surface area (Å²) in [6.07, 6.45) is 5.87. The summed E-state index contributed by atoms with van der Waals surface area (Å²) < 4.78 is 0. The first-order chi connectivity index (χ1) is 8.52. The number of nitrogens with zero attached hydrogens (tertiary/aromatic N) is 2. The maximum atomic E-state index is 11.0. The average Bonchev–Trinajstić information content (AvgIpc) is 2.32. The molecule has 1 N–H and O–H groups in total. The molecule has 18 heavy (non-hydrogen) atoms. The van der Waals surface area contributed by atoms with Gasteiger partial charge in [0.25, 0.3) is 0 Å². The highest BCUT2D eigenvalue weighted by molar-refractivity contribution is 6.29. The van der Waals surface area contributed by atoms with Gasteiger partial charge >= 0.3 is 0 Å². The summed E-state index contributed by atoms with van der Waals surface area (Å²) in [6, 6.07) is 3.67. The molecule has 0 aromatic carbocycles. The number of hydrogen-bond acceptors (Lipinski definition) is 3. The zero-order valence-corrected chi connectivity index (χ0v) is 11.8. The van der Waals surface area contributed by atoms with Gasteiger partial charge in [0, 0.05) is 24.2 Å². The fourth-order valence-corrected chi connectivity index (χ4v) is 3.03. The van der Waals surface area contributed by atoms with Gasteiger partial charge in [-0.1, -0.05) is 30.5 Å². The molecule has 1 aliphatic carbocycles. The lowest BCUT2D eigenvalue weighted by Crippen LogP contribution is -2.43. The maximum Gasteiger partial charge on any atom is 0.129 e. The van der Waals surface area contributed by atoms with Gasteiger partial charge in [0.15, 0.2) is 0 Å². The third-order valence-electron chi connectivity index (χ3n) is 3.85. The van der Waals surface area contributed by atoms with Crippen LogP contribution in [0, 0.1) is 5.92 Å². The van der Waals surface area contributed by atoms with Crippen molar-refractivity contribution in [3.05, 3.63) is 29.0 Å². The van der Waals surface area contributed by atoms with Crippen LogP contribution in [-0.2, 0) is 5.60 Å². The Morgan fingerprint density at radius 3 is 2.83 bits per heavy atom. The van der Waals surface area contributed by atoms with Crippen LogP contribution in [0.3, 0.4) is 0 Å². The highest BCUT2D eigenvalue weighted by atomic mass is 35.5. The van der Waals surface area contributed by atoms with Gasteiger partial charge in [0.1, 0.15) is 5.15 Å². The second-order valence-corrected chi connectivity index (χ2v) is 5.89. The number of hydrogen-bond donors (Lipinski definition) is 1. The van der Waals surface area contributed by atoms with Gasteiger partial charge in [-0.25, -0.2) is 4.98 Å². The summed E-state index contributed by atoms with van der Waals surface area (Å²) >= 11 is 5.82. The number of halogens is 1. The van der Waals surface area contributed by atoms with Gasteiger partial charge in [0.05, 0.1) is 5.60 Å². The molecule has 0 saturated heterocycles. The Bertz CT molecular complexity index is 393. The Morgan fingerprint density at radius 2 is 2.22 bits per heavy atom. The first-order valence-electron chi connectivity index (χ1n) is 6.51. The molecule has 2 rings (SSSR count). The minimum Gasteiger partial charge on any atom is -0.385 e. The molecule has 0 radical (unpaired) electrons.